The molecule has 1 aliphatic heterocycles. The van der Waals surface area contributed by atoms with E-state index in [0.717, 1.165) is 9.99 Å². The second kappa shape index (κ2) is 10.1. The molecule has 35 heavy (non-hydrogen) atoms. The predicted molar refractivity (Wildman–Crippen MR) is 129 cm³/mol. The van der Waals surface area contributed by atoms with E-state index in [0.29, 0.717) is 26.2 Å². The van der Waals surface area contributed by atoms with E-state index in [1.807, 2.05) is 4.90 Å². The van der Waals surface area contributed by atoms with Gasteiger partial charge in [0.25, 0.3) is 15.7 Å². The van der Waals surface area contributed by atoms with Gasteiger partial charge in [0.15, 0.2) is 0 Å². The average Bonchev–Trinajstić information content (AvgIpc) is 2.88. The van der Waals surface area contributed by atoms with E-state index < -0.39 is 33.1 Å². The highest BCUT2D eigenvalue weighted by molar-refractivity contribution is 7.92. The monoisotopic (exact) mass is 498 g/mol. The Morgan fingerprint density at radius 3 is 2.14 bits per heavy atom. The molecule has 9 nitrogen and oxygen atoms in total. The van der Waals surface area contributed by atoms with Crippen LogP contribution in [0.1, 0.15) is 0 Å². The van der Waals surface area contributed by atoms with E-state index in [1.165, 1.54) is 53.4 Å². The summed E-state index contributed by atoms with van der Waals surface area (Å²) in [5.41, 5.74) is 0.229. The van der Waals surface area contributed by atoms with Crippen LogP contribution in [0.4, 0.5) is 21.5 Å². The SMILES string of the molecule is O=C(CN(c1ccccc1[N+](=O)[O-])S(=O)(=O)c1ccccc1)N1CCN(c2ccc(F)cc2)CC1. The molecular formula is C24H23FN4O5S. The van der Waals surface area contributed by atoms with Crippen LogP contribution in [0.2, 0.25) is 0 Å². The molecule has 0 atom stereocenters. The average molecular weight is 499 g/mol. The number of para-hydroxylation sites is 2. The zero-order chi connectivity index (χ0) is 25.0. The van der Waals surface area contributed by atoms with Gasteiger partial charge < -0.3 is 9.80 Å². The molecule has 1 saturated heterocycles. The number of nitro groups is 1. The van der Waals surface area contributed by atoms with E-state index in [2.05, 4.69) is 0 Å². The first kappa shape index (κ1) is 24.1. The third kappa shape index (κ3) is 5.24. The smallest absolute Gasteiger partial charge is 0.293 e. The molecule has 1 heterocycles. The van der Waals surface area contributed by atoms with E-state index in [4.69, 9.17) is 0 Å². The van der Waals surface area contributed by atoms with Crippen LogP contribution < -0.4 is 9.21 Å². The van der Waals surface area contributed by atoms with Gasteiger partial charge in [0.05, 0.1) is 9.82 Å². The van der Waals surface area contributed by atoms with Crippen LogP contribution in [0.5, 0.6) is 0 Å². The molecule has 0 unspecified atom stereocenters. The van der Waals surface area contributed by atoms with Crippen LogP contribution in [0.25, 0.3) is 0 Å². The van der Waals surface area contributed by atoms with Crippen molar-refractivity contribution in [3.8, 4) is 0 Å². The molecule has 0 aliphatic carbocycles. The Kier molecular flexibility index (Phi) is 6.97. The van der Waals surface area contributed by atoms with Crippen molar-refractivity contribution in [1.82, 2.24) is 4.90 Å². The summed E-state index contributed by atoms with van der Waals surface area (Å²) < 4.78 is 41.0. The van der Waals surface area contributed by atoms with Crippen molar-refractivity contribution in [2.24, 2.45) is 0 Å². The Morgan fingerprint density at radius 2 is 1.51 bits per heavy atom. The number of rotatable bonds is 7. The summed E-state index contributed by atoms with van der Waals surface area (Å²) in [4.78, 5) is 27.6. The van der Waals surface area contributed by atoms with Gasteiger partial charge in [-0.3, -0.25) is 14.9 Å². The summed E-state index contributed by atoms with van der Waals surface area (Å²) in [6.45, 7) is 1.03. The molecular weight excluding hydrogens is 475 g/mol. The second-order valence-corrected chi connectivity index (χ2v) is 9.78. The van der Waals surface area contributed by atoms with E-state index in [-0.39, 0.29) is 16.4 Å². The van der Waals surface area contributed by atoms with Gasteiger partial charge in [-0.2, -0.15) is 0 Å². The standard InChI is InChI=1S/C24H23FN4O5S/c25-19-10-12-20(13-11-19)26-14-16-27(17-15-26)24(30)18-28(22-8-4-5-9-23(22)29(31)32)35(33,34)21-6-2-1-3-7-21/h1-13H,14-18H2. The highest BCUT2D eigenvalue weighted by atomic mass is 32.2. The predicted octanol–water partition coefficient (Wildman–Crippen LogP) is 3.28. The van der Waals surface area contributed by atoms with Crippen LogP contribution in [-0.4, -0.2) is 56.9 Å². The normalized spacial score (nSPS) is 14.0. The third-order valence-corrected chi connectivity index (χ3v) is 7.56. The number of sulfonamides is 1. The third-order valence-electron chi connectivity index (χ3n) is 5.78. The Labute approximate surface area is 202 Å². The fourth-order valence-electron chi connectivity index (χ4n) is 3.94. The van der Waals surface area contributed by atoms with Crippen LogP contribution in [0, 0.1) is 15.9 Å². The van der Waals surface area contributed by atoms with Crippen molar-refractivity contribution in [1.29, 1.82) is 0 Å². The molecule has 4 rings (SSSR count). The van der Waals surface area contributed by atoms with Crippen LogP contribution in [0.15, 0.2) is 83.8 Å². The maximum absolute atomic E-state index is 13.5. The van der Waals surface area contributed by atoms with Crippen molar-refractivity contribution in [2.75, 3.05) is 41.9 Å². The van der Waals surface area contributed by atoms with Gasteiger partial charge >= 0.3 is 0 Å². The molecule has 1 fully saturated rings. The van der Waals surface area contributed by atoms with E-state index in [1.54, 1.807) is 30.3 Å². The van der Waals surface area contributed by atoms with Gasteiger partial charge in [0.2, 0.25) is 5.91 Å². The van der Waals surface area contributed by atoms with Crippen LogP contribution >= 0.6 is 0 Å². The van der Waals surface area contributed by atoms with Gasteiger partial charge in [-0.15, -0.1) is 0 Å². The van der Waals surface area contributed by atoms with Crippen LogP contribution in [0.3, 0.4) is 0 Å². The Hall–Kier alpha value is -3.99. The van der Waals surface area contributed by atoms with Crippen molar-refractivity contribution in [3.63, 3.8) is 0 Å². The minimum absolute atomic E-state index is 0.0768. The summed E-state index contributed by atoms with van der Waals surface area (Å²) in [6, 6.07) is 19.0. The van der Waals surface area contributed by atoms with Gasteiger partial charge in [-0.05, 0) is 42.5 Å². The lowest BCUT2D eigenvalue weighted by atomic mass is 10.2. The van der Waals surface area contributed by atoms with Gasteiger partial charge in [-0.1, -0.05) is 30.3 Å². The van der Waals surface area contributed by atoms with Gasteiger partial charge in [0, 0.05) is 37.9 Å². The van der Waals surface area contributed by atoms with E-state index >= 15 is 0 Å². The van der Waals surface area contributed by atoms with Crippen molar-refractivity contribution >= 4 is 33.0 Å². The summed E-state index contributed by atoms with van der Waals surface area (Å²) in [6.07, 6.45) is 0. The largest absolute Gasteiger partial charge is 0.368 e. The topological polar surface area (TPSA) is 104 Å². The molecule has 1 amide bonds. The molecule has 3 aromatic carbocycles. The highest BCUT2D eigenvalue weighted by Crippen LogP contribution is 2.32. The lowest BCUT2D eigenvalue weighted by molar-refractivity contribution is -0.384. The Bertz CT molecular complexity index is 1310. The Balaban J connectivity index is 1.58. The first-order valence-electron chi connectivity index (χ1n) is 10.9. The summed E-state index contributed by atoms with van der Waals surface area (Å²) in [7, 11) is -4.27. The molecule has 0 radical (unpaired) electrons. The lowest BCUT2D eigenvalue weighted by Crippen LogP contribution is -2.52. The molecule has 11 heteroatoms. The number of hydrogen-bond acceptors (Lipinski definition) is 6. The number of piperazine rings is 1. The fraction of sp³-hybridized carbons (Fsp3) is 0.208. The zero-order valence-electron chi connectivity index (χ0n) is 18.7. The van der Waals surface area contributed by atoms with E-state index in [9.17, 15) is 27.7 Å². The number of anilines is 2. The first-order chi connectivity index (χ1) is 16.8. The summed E-state index contributed by atoms with van der Waals surface area (Å²) >= 11 is 0. The molecule has 0 spiro atoms. The molecule has 3 aromatic rings. The summed E-state index contributed by atoms with van der Waals surface area (Å²) in [5.74, 6) is -0.807. The number of amides is 1. The number of halogens is 1. The highest BCUT2D eigenvalue weighted by Gasteiger charge is 2.33. The first-order valence-corrected chi connectivity index (χ1v) is 12.3. The fourth-order valence-corrected chi connectivity index (χ4v) is 5.39. The molecule has 1 aliphatic rings. The quantitative estimate of drug-likeness (QED) is 0.366. The Morgan fingerprint density at radius 1 is 0.914 bits per heavy atom. The number of carbonyl (C=O) groups is 1. The number of benzene rings is 3. The van der Waals surface area contributed by atoms with Crippen molar-refractivity contribution < 1.29 is 22.5 Å². The van der Waals surface area contributed by atoms with Gasteiger partial charge in [0.1, 0.15) is 18.0 Å². The maximum Gasteiger partial charge on any atom is 0.293 e. The van der Waals surface area contributed by atoms with Crippen molar-refractivity contribution in [2.45, 2.75) is 4.90 Å². The number of hydrogen-bond donors (Lipinski definition) is 0. The molecule has 0 bridgehead atoms. The van der Waals surface area contributed by atoms with Crippen LogP contribution in [-0.2, 0) is 14.8 Å². The molecule has 0 saturated carbocycles. The number of nitro benzene ring substituents is 1. The number of carbonyl (C=O) groups excluding carboxylic acids is 1. The number of nitrogens with zero attached hydrogens (tertiary/aromatic N) is 4. The minimum Gasteiger partial charge on any atom is -0.368 e. The lowest BCUT2D eigenvalue weighted by Gasteiger charge is -2.37. The van der Waals surface area contributed by atoms with Crippen molar-refractivity contribution in [3.05, 3.63) is 94.8 Å². The molecule has 0 N–H and O–H groups in total. The van der Waals surface area contributed by atoms with Gasteiger partial charge in [-0.25, -0.2) is 17.1 Å². The maximum atomic E-state index is 13.5. The zero-order valence-corrected chi connectivity index (χ0v) is 19.5. The summed E-state index contributed by atoms with van der Waals surface area (Å²) in [5, 5.41) is 11.6. The second-order valence-electron chi connectivity index (χ2n) is 7.91. The molecule has 0 aromatic heterocycles. The molecule has 182 valence electrons. The minimum atomic E-state index is -4.27.